The van der Waals surface area contributed by atoms with Crippen LogP contribution in [-0.4, -0.2) is 13.7 Å². The average Bonchev–Trinajstić information content (AvgIpc) is 2.47. The second-order valence-electron chi connectivity index (χ2n) is 5.38. The fraction of sp³-hybridized carbons (Fsp3) is 0.294. The van der Waals surface area contributed by atoms with Crippen LogP contribution in [0.1, 0.15) is 17.5 Å². The van der Waals surface area contributed by atoms with Gasteiger partial charge in [-0.3, -0.25) is 0 Å². The molecule has 110 valence electrons. The van der Waals surface area contributed by atoms with Gasteiger partial charge in [-0.05, 0) is 70.2 Å². The van der Waals surface area contributed by atoms with E-state index in [9.17, 15) is 0 Å². The van der Waals surface area contributed by atoms with Crippen molar-refractivity contribution in [2.75, 3.05) is 24.3 Å². The van der Waals surface area contributed by atoms with Crippen molar-refractivity contribution >= 4 is 27.3 Å². The summed E-state index contributed by atoms with van der Waals surface area (Å²) in [4.78, 5) is 2.42. The number of benzene rings is 2. The van der Waals surface area contributed by atoms with Crippen LogP contribution in [0, 0.1) is 0 Å². The van der Waals surface area contributed by atoms with Crippen molar-refractivity contribution in [3.05, 3.63) is 52.0 Å². The van der Waals surface area contributed by atoms with Crippen LogP contribution in [-0.2, 0) is 13.0 Å². The Labute approximate surface area is 133 Å². The number of methoxy groups -OCH3 is 1. The Balaban J connectivity index is 1.85. The predicted octanol–water partition coefficient (Wildman–Crippen LogP) is 3.99. The molecule has 2 aromatic rings. The van der Waals surface area contributed by atoms with Gasteiger partial charge in [0.1, 0.15) is 5.75 Å². The summed E-state index contributed by atoms with van der Waals surface area (Å²) in [6, 6.07) is 12.5. The molecular weight excluding hydrogens is 328 g/mol. The zero-order valence-electron chi connectivity index (χ0n) is 12.1. The molecule has 1 aliphatic heterocycles. The summed E-state index contributed by atoms with van der Waals surface area (Å²) in [5, 5.41) is 0. The fourth-order valence-electron chi connectivity index (χ4n) is 2.89. The molecule has 1 heterocycles. The first-order valence-electron chi connectivity index (χ1n) is 7.13. The summed E-state index contributed by atoms with van der Waals surface area (Å²) in [7, 11) is 1.69. The van der Waals surface area contributed by atoms with Gasteiger partial charge in [-0.2, -0.15) is 0 Å². The Kier molecular flexibility index (Phi) is 4.06. The molecule has 0 saturated carbocycles. The highest BCUT2D eigenvalue weighted by Gasteiger charge is 2.17. The molecule has 0 atom stereocenters. The van der Waals surface area contributed by atoms with Gasteiger partial charge in [-0.25, -0.2) is 0 Å². The minimum Gasteiger partial charge on any atom is -0.496 e. The fourth-order valence-corrected chi connectivity index (χ4v) is 3.48. The molecule has 0 saturated heterocycles. The van der Waals surface area contributed by atoms with Gasteiger partial charge in [-0.1, -0.05) is 6.07 Å². The van der Waals surface area contributed by atoms with Crippen LogP contribution < -0.4 is 15.4 Å². The first-order valence-corrected chi connectivity index (χ1v) is 7.92. The van der Waals surface area contributed by atoms with Crippen LogP contribution in [0.5, 0.6) is 5.75 Å². The lowest BCUT2D eigenvalue weighted by molar-refractivity contribution is 0.412. The molecule has 0 fully saturated rings. The van der Waals surface area contributed by atoms with Gasteiger partial charge in [0.05, 0.1) is 11.6 Å². The highest BCUT2D eigenvalue weighted by molar-refractivity contribution is 9.10. The van der Waals surface area contributed by atoms with E-state index in [4.69, 9.17) is 10.5 Å². The molecule has 0 radical (unpaired) electrons. The van der Waals surface area contributed by atoms with E-state index < -0.39 is 0 Å². The van der Waals surface area contributed by atoms with E-state index in [2.05, 4.69) is 45.1 Å². The van der Waals surface area contributed by atoms with Crippen molar-refractivity contribution in [3.8, 4) is 5.75 Å². The van der Waals surface area contributed by atoms with E-state index in [0.29, 0.717) is 0 Å². The molecule has 3 rings (SSSR count). The van der Waals surface area contributed by atoms with Gasteiger partial charge in [0.15, 0.2) is 0 Å². The maximum absolute atomic E-state index is 5.89. The van der Waals surface area contributed by atoms with Crippen molar-refractivity contribution in [2.45, 2.75) is 19.4 Å². The molecule has 21 heavy (non-hydrogen) atoms. The number of nitrogens with zero attached hydrogens (tertiary/aromatic N) is 1. The lowest BCUT2D eigenvalue weighted by atomic mass is 10.0. The van der Waals surface area contributed by atoms with E-state index in [1.54, 1.807) is 7.11 Å². The number of rotatable bonds is 3. The summed E-state index contributed by atoms with van der Waals surface area (Å²) >= 11 is 3.55. The summed E-state index contributed by atoms with van der Waals surface area (Å²) in [5.41, 5.74) is 10.7. The van der Waals surface area contributed by atoms with Crippen molar-refractivity contribution in [2.24, 2.45) is 0 Å². The molecular formula is C17H19BrN2O. The summed E-state index contributed by atoms with van der Waals surface area (Å²) in [6.45, 7) is 1.99. The number of aryl methyl sites for hydroxylation is 1. The van der Waals surface area contributed by atoms with Crippen LogP contribution in [0.2, 0.25) is 0 Å². The number of anilines is 2. The molecule has 4 heteroatoms. The van der Waals surface area contributed by atoms with Crippen LogP contribution >= 0.6 is 15.9 Å². The van der Waals surface area contributed by atoms with Crippen LogP contribution in [0.4, 0.5) is 11.4 Å². The van der Waals surface area contributed by atoms with Crippen molar-refractivity contribution in [1.82, 2.24) is 0 Å². The lowest BCUT2D eigenvalue weighted by Crippen LogP contribution is -2.28. The molecule has 0 bridgehead atoms. The second-order valence-corrected chi connectivity index (χ2v) is 6.24. The van der Waals surface area contributed by atoms with Gasteiger partial charge in [-0.15, -0.1) is 0 Å². The minimum atomic E-state index is 0.850. The average molecular weight is 347 g/mol. The Bertz CT molecular complexity index is 657. The standard InChI is InChI=1S/C17H19BrN2O/c1-21-17-7-4-12(9-15(17)18)11-20-8-2-3-13-10-14(19)5-6-16(13)20/h4-7,9-10H,2-3,8,11,19H2,1H3. The van der Waals surface area contributed by atoms with Gasteiger partial charge >= 0.3 is 0 Å². The monoisotopic (exact) mass is 346 g/mol. The Morgan fingerprint density at radius 3 is 2.86 bits per heavy atom. The zero-order valence-corrected chi connectivity index (χ0v) is 13.7. The van der Waals surface area contributed by atoms with E-state index in [1.807, 2.05) is 12.1 Å². The third-order valence-electron chi connectivity index (χ3n) is 3.91. The van der Waals surface area contributed by atoms with E-state index in [-0.39, 0.29) is 0 Å². The quantitative estimate of drug-likeness (QED) is 0.854. The third-order valence-corrected chi connectivity index (χ3v) is 4.53. The smallest absolute Gasteiger partial charge is 0.133 e. The first-order chi connectivity index (χ1) is 10.2. The SMILES string of the molecule is COc1ccc(CN2CCCc3cc(N)ccc32)cc1Br. The number of hydrogen-bond acceptors (Lipinski definition) is 3. The van der Waals surface area contributed by atoms with Crippen LogP contribution in [0.25, 0.3) is 0 Å². The van der Waals surface area contributed by atoms with Gasteiger partial charge in [0.2, 0.25) is 0 Å². The number of nitrogens with two attached hydrogens (primary N) is 1. The second kappa shape index (κ2) is 5.98. The maximum Gasteiger partial charge on any atom is 0.133 e. The molecule has 1 aliphatic rings. The topological polar surface area (TPSA) is 38.5 Å². The molecule has 0 unspecified atom stereocenters. The number of nitrogen functional groups attached to an aromatic ring is 1. The Morgan fingerprint density at radius 2 is 2.10 bits per heavy atom. The molecule has 0 amide bonds. The normalized spacial score (nSPS) is 13.9. The lowest BCUT2D eigenvalue weighted by Gasteiger charge is -2.31. The number of halogens is 1. The summed E-state index contributed by atoms with van der Waals surface area (Å²) in [5.74, 6) is 0.866. The van der Waals surface area contributed by atoms with Gasteiger partial charge in [0.25, 0.3) is 0 Å². The third kappa shape index (κ3) is 3.00. The van der Waals surface area contributed by atoms with Gasteiger partial charge in [0, 0.05) is 24.5 Å². The number of ether oxygens (including phenoxy) is 1. The highest BCUT2D eigenvalue weighted by atomic mass is 79.9. The van der Waals surface area contributed by atoms with Crippen LogP contribution in [0.3, 0.4) is 0 Å². The minimum absolute atomic E-state index is 0.850. The summed E-state index contributed by atoms with van der Waals surface area (Å²) < 4.78 is 6.28. The maximum atomic E-state index is 5.89. The zero-order chi connectivity index (χ0) is 14.8. The van der Waals surface area contributed by atoms with Crippen molar-refractivity contribution < 1.29 is 4.74 Å². The Hall–Kier alpha value is -1.68. The predicted molar refractivity (Wildman–Crippen MR) is 90.9 cm³/mol. The molecule has 0 aromatic heterocycles. The molecule has 0 spiro atoms. The van der Waals surface area contributed by atoms with Gasteiger partial charge < -0.3 is 15.4 Å². The van der Waals surface area contributed by atoms with E-state index >= 15 is 0 Å². The van der Waals surface area contributed by atoms with Crippen molar-refractivity contribution in [3.63, 3.8) is 0 Å². The molecule has 3 nitrogen and oxygen atoms in total. The number of hydrogen-bond donors (Lipinski definition) is 1. The highest BCUT2D eigenvalue weighted by Crippen LogP contribution is 2.31. The first kappa shape index (κ1) is 14.3. The molecule has 2 N–H and O–H groups in total. The van der Waals surface area contributed by atoms with E-state index in [1.165, 1.54) is 23.2 Å². The molecule has 0 aliphatic carbocycles. The van der Waals surface area contributed by atoms with Crippen LogP contribution in [0.15, 0.2) is 40.9 Å². The number of fused-ring (bicyclic) bond motifs is 1. The summed E-state index contributed by atoms with van der Waals surface area (Å²) in [6.07, 6.45) is 2.29. The van der Waals surface area contributed by atoms with Crippen molar-refractivity contribution in [1.29, 1.82) is 0 Å². The van der Waals surface area contributed by atoms with E-state index in [0.717, 1.165) is 35.4 Å². The Morgan fingerprint density at radius 1 is 1.24 bits per heavy atom. The largest absolute Gasteiger partial charge is 0.496 e. The molecule has 2 aromatic carbocycles.